The van der Waals surface area contributed by atoms with Crippen molar-refractivity contribution in [1.82, 2.24) is 4.57 Å². The summed E-state index contributed by atoms with van der Waals surface area (Å²) in [6.07, 6.45) is 0. The van der Waals surface area contributed by atoms with E-state index in [1.54, 1.807) is 22.8 Å². The lowest BCUT2D eigenvalue weighted by Crippen LogP contribution is -1.98. The second-order valence-electron chi connectivity index (χ2n) is 6.73. The van der Waals surface area contributed by atoms with Crippen LogP contribution in [0.25, 0.3) is 10.9 Å². The molecule has 7 heteroatoms. The first kappa shape index (κ1) is 18.9. The molecule has 0 aliphatic carbocycles. The quantitative estimate of drug-likeness (QED) is 0.465. The normalized spacial score (nSPS) is 12.0. The van der Waals surface area contributed by atoms with E-state index in [1.165, 1.54) is 12.1 Å². The van der Waals surface area contributed by atoms with Crippen molar-refractivity contribution in [1.29, 1.82) is 0 Å². The van der Waals surface area contributed by atoms with Crippen LogP contribution in [0.2, 0.25) is 0 Å². The minimum atomic E-state index is -3.97. The zero-order chi connectivity index (χ0) is 20.4. The van der Waals surface area contributed by atoms with E-state index in [0.717, 1.165) is 16.6 Å². The van der Waals surface area contributed by atoms with Crippen LogP contribution in [0.15, 0.2) is 93.4 Å². The molecule has 1 aromatic heterocycles. The van der Waals surface area contributed by atoms with Crippen LogP contribution in [0.5, 0.6) is 5.88 Å². The molecule has 0 aliphatic rings. The minimum Gasteiger partial charge on any atom is -0.493 e. The van der Waals surface area contributed by atoms with Gasteiger partial charge in [0, 0.05) is 5.39 Å². The molecule has 3 aromatic carbocycles. The van der Waals surface area contributed by atoms with Gasteiger partial charge >= 0.3 is 0 Å². The van der Waals surface area contributed by atoms with E-state index in [9.17, 15) is 13.5 Å². The summed E-state index contributed by atoms with van der Waals surface area (Å²) in [7, 11) is -3.97. The summed E-state index contributed by atoms with van der Waals surface area (Å²) in [5, 5.41) is 15.4. The van der Waals surface area contributed by atoms with Crippen LogP contribution >= 0.6 is 0 Å². The maximum Gasteiger partial charge on any atom is 0.299 e. The van der Waals surface area contributed by atoms with E-state index in [1.807, 2.05) is 55.5 Å². The van der Waals surface area contributed by atoms with Crippen LogP contribution < -0.4 is 0 Å². The van der Waals surface area contributed by atoms with Gasteiger partial charge in [-0.1, -0.05) is 70.7 Å². The number of sulfonamides is 1. The van der Waals surface area contributed by atoms with Crippen molar-refractivity contribution in [3.63, 3.8) is 0 Å². The number of aromatic nitrogens is 1. The predicted molar refractivity (Wildman–Crippen MR) is 112 cm³/mol. The van der Waals surface area contributed by atoms with Crippen molar-refractivity contribution in [3.8, 4) is 5.88 Å². The maximum absolute atomic E-state index is 12.5. The average molecular weight is 405 g/mol. The van der Waals surface area contributed by atoms with Crippen LogP contribution in [-0.2, 0) is 16.6 Å². The number of rotatable bonds is 5. The van der Waals surface area contributed by atoms with Gasteiger partial charge in [0.05, 0.1) is 17.0 Å². The number of aryl methyl sites for hydroxylation is 1. The average Bonchev–Trinajstić information content (AvgIpc) is 2.99. The van der Waals surface area contributed by atoms with Gasteiger partial charge in [-0.2, -0.15) is 8.42 Å². The molecule has 0 saturated heterocycles. The van der Waals surface area contributed by atoms with Gasteiger partial charge in [0.1, 0.15) is 0 Å². The van der Waals surface area contributed by atoms with Gasteiger partial charge in [0.2, 0.25) is 5.88 Å². The van der Waals surface area contributed by atoms with Crippen molar-refractivity contribution in [2.75, 3.05) is 0 Å². The Hall–Kier alpha value is -3.45. The zero-order valence-corrected chi connectivity index (χ0v) is 16.5. The third-order valence-corrected chi connectivity index (χ3v) is 5.83. The first-order chi connectivity index (χ1) is 14.0. The standard InChI is InChI=1S/C22H19N3O3S/c1-16-11-13-18(14-12-16)29(27,28)24-23-21-19-9-5-6-10-20(19)25(22(21)26)15-17-7-3-2-4-8-17/h2-14,26H,15H2,1H3. The molecule has 1 heterocycles. The van der Waals surface area contributed by atoms with Crippen molar-refractivity contribution in [2.24, 2.45) is 9.63 Å². The van der Waals surface area contributed by atoms with Crippen molar-refractivity contribution in [2.45, 2.75) is 18.4 Å². The molecule has 0 amide bonds. The molecule has 0 bridgehead atoms. The highest BCUT2D eigenvalue weighted by atomic mass is 32.2. The Kier molecular flexibility index (Phi) is 4.90. The molecule has 4 aromatic rings. The Bertz CT molecular complexity index is 1290. The second-order valence-corrected chi connectivity index (χ2v) is 8.32. The molecule has 6 nitrogen and oxygen atoms in total. The number of nitrogens with zero attached hydrogens (tertiary/aromatic N) is 3. The summed E-state index contributed by atoms with van der Waals surface area (Å²) in [5.41, 5.74) is 2.82. The fourth-order valence-corrected chi connectivity index (χ4v) is 3.91. The van der Waals surface area contributed by atoms with E-state index < -0.39 is 10.0 Å². The van der Waals surface area contributed by atoms with Crippen LogP contribution in [-0.4, -0.2) is 18.1 Å². The number of fused-ring (bicyclic) bond motifs is 1. The predicted octanol–water partition coefficient (Wildman–Crippen LogP) is 5.18. The second kappa shape index (κ2) is 7.52. The monoisotopic (exact) mass is 405 g/mol. The van der Waals surface area contributed by atoms with Gasteiger partial charge in [0.15, 0.2) is 5.69 Å². The lowest BCUT2D eigenvalue weighted by Gasteiger charge is -2.06. The van der Waals surface area contributed by atoms with E-state index >= 15 is 0 Å². The minimum absolute atomic E-state index is 0.0550. The summed E-state index contributed by atoms with van der Waals surface area (Å²) in [5.74, 6) is -0.127. The smallest absolute Gasteiger partial charge is 0.299 e. The third kappa shape index (κ3) is 3.77. The molecular weight excluding hydrogens is 386 g/mol. The Balaban J connectivity index is 1.77. The number of aromatic hydroxyl groups is 1. The fourth-order valence-electron chi connectivity index (χ4n) is 3.15. The van der Waals surface area contributed by atoms with Crippen LogP contribution in [0.1, 0.15) is 11.1 Å². The summed E-state index contributed by atoms with van der Waals surface area (Å²) in [6.45, 7) is 2.30. The van der Waals surface area contributed by atoms with E-state index in [2.05, 4.69) is 9.63 Å². The highest BCUT2D eigenvalue weighted by Gasteiger charge is 2.18. The summed E-state index contributed by atoms with van der Waals surface area (Å²) >= 11 is 0. The van der Waals surface area contributed by atoms with E-state index in [-0.39, 0.29) is 16.5 Å². The van der Waals surface area contributed by atoms with E-state index in [0.29, 0.717) is 11.9 Å². The summed E-state index contributed by atoms with van der Waals surface area (Å²) < 4.78 is 30.3. The molecule has 0 radical (unpaired) electrons. The van der Waals surface area contributed by atoms with Crippen LogP contribution in [0.4, 0.5) is 5.69 Å². The first-order valence-electron chi connectivity index (χ1n) is 9.04. The Morgan fingerprint density at radius 2 is 1.55 bits per heavy atom. The molecule has 146 valence electrons. The molecule has 4 rings (SSSR count). The highest BCUT2D eigenvalue weighted by Crippen LogP contribution is 2.39. The number of para-hydroxylation sites is 1. The van der Waals surface area contributed by atoms with Gasteiger partial charge in [0.25, 0.3) is 10.0 Å². The van der Waals surface area contributed by atoms with Crippen LogP contribution in [0, 0.1) is 6.92 Å². The molecule has 0 saturated carbocycles. The molecule has 0 atom stereocenters. The number of hydrogen-bond donors (Lipinski definition) is 1. The molecule has 0 unspecified atom stereocenters. The Labute approximate surface area is 168 Å². The lowest BCUT2D eigenvalue weighted by atomic mass is 10.2. The van der Waals surface area contributed by atoms with Gasteiger partial charge in [-0.3, -0.25) is 0 Å². The van der Waals surface area contributed by atoms with Crippen LogP contribution in [0.3, 0.4) is 0 Å². The molecule has 0 fully saturated rings. The number of hydrogen-bond acceptors (Lipinski definition) is 4. The topological polar surface area (TPSA) is 84.0 Å². The van der Waals surface area contributed by atoms with Gasteiger partial charge < -0.3 is 9.67 Å². The third-order valence-electron chi connectivity index (χ3n) is 4.67. The lowest BCUT2D eigenvalue weighted by molar-refractivity contribution is 0.429. The number of benzene rings is 3. The highest BCUT2D eigenvalue weighted by molar-refractivity contribution is 7.90. The largest absolute Gasteiger partial charge is 0.493 e. The van der Waals surface area contributed by atoms with Gasteiger partial charge in [-0.25, -0.2) is 0 Å². The zero-order valence-electron chi connectivity index (χ0n) is 15.7. The van der Waals surface area contributed by atoms with Crippen molar-refractivity contribution < 1.29 is 13.5 Å². The molecule has 0 aliphatic heterocycles. The van der Waals surface area contributed by atoms with Gasteiger partial charge in [-0.15, -0.1) is 5.11 Å². The van der Waals surface area contributed by atoms with Crippen molar-refractivity contribution >= 4 is 26.6 Å². The SMILES string of the molecule is Cc1ccc(S(=O)(=O)N=Nc2c(O)n(Cc3ccccc3)c3ccccc23)cc1. The first-order valence-corrected chi connectivity index (χ1v) is 10.5. The fraction of sp³-hybridized carbons (Fsp3) is 0.0909. The summed E-state index contributed by atoms with van der Waals surface area (Å²) in [6, 6.07) is 23.4. The molecule has 0 spiro atoms. The summed E-state index contributed by atoms with van der Waals surface area (Å²) in [4.78, 5) is 0.0550. The van der Waals surface area contributed by atoms with E-state index in [4.69, 9.17) is 0 Å². The van der Waals surface area contributed by atoms with Gasteiger partial charge in [-0.05, 0) is 30.7 Å². The molecule has 1 N–H and O–H groups in total. The molecular formula is C22H19N3O3S. The Morgan fingerprint density at radius 1 is 0.897 bits per heavy atom. The Morgan fingerprint density at radius 3 is 2.28 bits per heavy atom. The maximum atomic E-state index is 12.5. The van der Waals surface area contributed by atoms with Crippen molar-refractivity contribution in [3.05, 3.63) is 90.0 Å². The molecule has 29 heavy (non-hydrogen) atoms.